The van der Waals surface area contributed by atoms with Crippen LogP contribution in [0.5, 0.6) is 0 Å². The second kappa shape index (κ2) is 8.51. The number of fused-ring (bicyclic) bond motifs is 1. The van der Waals surface area contributed by atoms with Crippen molar-refractivity contribution in [2.24, 2.45) is 0 Å². The van der Waals surface area contributed by atoms with Gasteiger partial charge < -0.3 is 5.32 Å². The fourth-order valence-electron chi connectivity index (χ4n) is 3.98. The van der Waals surface area contributed by atoms with Crippen LogP contribution >= 0.6 is 0 Å². The van der Waals surface area contributed by atoms with E-state index in [1.807, 2.05) is 13.0 Å². The van der Waals surface area contributed by atoms with Crippen LogP contribution in [0.3, 0.4) is 0 Å². The topological polar surface area (TPSA) is 115 Å². The summed E-state index contributed by atoms with van der Waals surface area (Å²) in [5, 5.41) is 15.1. The minimum Gasteiger partial charge on any atom is -0.363 e. The van der Waals surface area contributed by atoms with Crippen LogP contribution in [0.25, 0.3) is 16.5 Å². The highest BCUT2D eigenvalue weighted by Crippen LogP contribution is 2.33. The van der Waals surface area contributed by atoms with Crippen LogP contribution in [-0.4, -0.2) is 34.8 Å². The van der Waals surface area contributed by atoms with E-state index >= 15 is 0 Å². The van der Waals surface area contributed by atoms with Gasteiger partial charge in [-0.2, -0.15) is 0 Å². The number of nitro groups is 1. The van der Waals surface area contributed by atoms with Gasteiger partial charge in [-0.15, -0.1) is 0 Å². The number of nitrogens with zero attached hydrogens (tertiary/aromatic N) is 3. The second-order valence-electron chi connectivity index (χ2n) is 8.29. The molecule has 3 aromatic rings. The maximum atomic E-state index is 14.9. The van der Waals surface area contributed by atoms with E-state index in [2.05, 4.69) is 15.3 Å². The normalized spacial score (nSPS) is 16.3. The van der Waals surface area contributed by atoms with Crippen molar-refractivity contribution >= 4 is 37.8 Å². The van der Waals surface area contributed by atoms with Gasteiger partial charge in [-0.25, -0.2) is 22.8 Å². The molecule has 0 aliphatic carbocycles. The monoisotopic (exact) mass is 470 g/mol. The van der Waals surface area contributed by atoms with Gasteiger partial charge in [0, 0.05) is 29.1 Å². The van der Waals surface area contributed by atoms with E-state index < -0.39 is 20.6 Å². The van der Waals surface area contributed by atoms with Gasteiger partial charge in [-0.3, -0.25) is 10.1 Å². The Bertz CT molecular complexity index is 1420. The molecule has 0 unspecified atom stereocenters. The summed E-state index contributed by atoms with van der Waals surface area (Å²) in [5.74, 6) is 0.314. The molecule has 1 N–H and O–H groups in total. The first-order valence-electron chi connectivity index (χ1n) is 10.4. The van der Waals surface area contributed by atoms with Gasteiger partial charge in [0.25, 0.3) is 5.69 Å². The Morgan fingerprint density at radius 3 is 2.58 bits per heavy atom. The summed E-state index contributed by atoms with van der Waals surface area (Å²) in [6, 6.07) is 7.53. The zero-order valence-corrected chi connectivity index (χ0v) is 19.2. The molecule has 33 heavy (non-hydrogen) atoms. The number of anilines is 1. The van der Waals surface area contributed by atoms with E-state index in [4.69, 9.17) is 0 Å². The van der Waals surface area contributed by atoms with Gasteiger partial charge in [0.05, 0.1) is 28.0 Å². The first-order valence-corrected chi connectivity index (χ1v) is 12.2. The predicted molar refractivity (Wildman–Crippen MR) is 125 cm³/mol. The lowest BCUT2D eigenvalue weighted by atomic mass is 10.00. The number of nitrogens with one attached hydrogen (secondary N) is 1. The van der Waals surface area contributed by atoms with Crippen LogP contribution < -0.4 is 5.32 Å². The van der Waals surface area contributed by atoms with Crippen LogP contribution in [-0.2, 0) is 9.84 Å². The number of non-ortho nitro benzene ring substituents is 1. The van der Waals surface area contributed by atoms with Gasteiger partial charge in [-0.1, -0.05) is 12.1 Å². The number of benzene rings is 2. The number of aryl methyl sites for hydroxylation is 2. The highest BCUT2D eigenvalue weighted by atomic mass is 32.2. The summed E-state index contributed by atoms with van der Waals surface area (Å²) in [5.41, 5.74) is 2.86. The maximum absolute atomic E-state index is 14.9. The SMILES string of the molecule is Cc1cc([C@@H](C)Nc2nc(C)nc3cc(F)c(C4=CCS(=O)(=O)CC4)cc23)cc([N+](=O)[O-])c1. The van der Waals surface area contributed by atoms with E-state index in [1.165, 1.54) is 18.2 Å². The molecule has 0 bridgehead atoms. The maximum Gasteiger partial charge on any atom is 0.270 e. The zero-order valence-electron chi connectivity index (χ0n) is 18.4. The fraction of sp³-hybridized carbons (Fsp3) is 0.304. The number of nitro benzene ring substituents is 1. The molecule has 0 saturated carbocycles. The summed E-state index contributed by atoms with van der Waals surface area (Å²) in [4.78, 5) is 19.7. The molecule has 1 aromatic heterocycles. The molecule has 4 rings (SSSR count). The van der Waals surface area contributed by atoms with Crippen molar-refractivity contribution < 1.29 is 17.7 Å². The van der Waals surface area contributed by atoms with Gasteiger partial charge in [0.1, 0.15) is 17.5 Å². The average Bonchev–Trinajstić information content (AvgIpc) is 2.73. The third kappa shape index (κ3) is 4.85. The van der Waals surface area contributed by atoms with Crippen molar-refractivity contribution in [3.8, 4) is 0 Å². The minimum absolute atomic E-state index is 0.00548. The quantitative estimate of drug-likeness (QED) is 0.426. The molecule has 0 fully saturated rings. The van der Waals surface area contributed by atoms with Crippen molar-refractivity contribution in [1.29, 1.82) is 0 Å². The highest BCUT2D eigenvalue weighted by molar-refractivity contribution is 7.91. The Kier molecular flexibility index (Phi) is 5.87. The van der Waals surface area contributed by atoms with E-state index in [-0.39, 0.29) is 29.7 Å². The van der Waals surface area contributed by atoms with Gasteiger partial charge in [-0.05, 0) is 50.0 Å². The van der Waals surface area contributed by atoms with Crippen LogP contribution in [0.1, 0.15) is 41.9 Å². The Labute approximate surface area is 190 Å². The van der Waals surface area contributed by atoms with Crippen molar-refractivity contribution in [1.82, 2.24) is 9.97 Å². The Morgan fingerprint density at radius 2 is 1.91 bits per heavy atom. The molecule has 0 radical (unpaired) electrons. The van der Waals surface area contributed by atoms with E-state index in [9.17, 15) is 22.9 Å². The van der Waals surface area contributed by atoms with E-state index in [0.29, 0.717) is 39.2 Å². The highest BCUT2D eigenvalue weighted by Gasteiger charge is 2.21. The molecule has 1 aliphatic rings. The zero-order chi connectivity index (χ0) is 23.9. The smallest absolute Gasteiger partial charge is 0.270 e. The first-order chi connectivity index (χ1) is 15.5. The van der Waals surface area contributed by atoms with E-state index in [1.54, 1.807) is 26.0 Å². The third-order valence-corrected chi connectivity index (χ3v) is 7.16. The molecule has 2 aromatic carbocycles. The third-order valence-electron chi connectivity index (χ3n) is 5.66. The van der Waals surface area contributed by atoms with Crippen molar-refractivity contribution in [3.05, 3.63) is 74.9 Å². The number of rotatable bonds is 5. The van der Waals surface area contributed by atoms with Crippen LogP contribution in [0.4, 0.5) is 15.9 Å². The predicted octanol–water partition coefficient (Wildman–Crippen LogP) is 4.67. The Morgan fingerprint density at radius 1 is 1.15 bits per heavy atom. The molecule has 0 saturated heterocycles. The summed E-state index contributed by atoms with van der Waals surface area (Å²) in [6.45, 7) is 5.36. The van der Waals surface area contributed by atoms with Crippen LogP contribution in [0.2, 0.25) is 0 Å². The number of aromatic nitrogens is 2. The van der Waals surface area contributed by atoms with Gasteiger partial charge >= 0.3 is 0 Å². The standard InChI is InChI=1S/C23H23FN4O4S/c1-13-8-17(10-18(9-13)28(29)30)14(2)25-23-20-11-19(16-4-6-33(31,32)7-5-16)21(24)12-22(20)26-15(3)27-23/h4,8-12,14H,5-7H2,1-3H3,(H,25,26,27)/t14-/m1/s1. The van der Waals surface area contributed by atoms with E-state index in [0.717, 1.165) is 5.56 Å². The fourth-order valence-corrected chi connectivity index (χ4v) is 5.13. The lowest BCUT2D eigenvalue weighted by Crippen LogP contribution is -2.15. The number of hydrogen-bond donors (Lipinski definition) is 1. The molecule has 0 spiro atoms. The molecular formula is C23H23FN4O4S. The molecule has 8 nitrogen and oxygen atoms in total. The van der Waals surface area contributed by atoms with Crippen LogP contribution in [0, 0.1) is 29.8 Å². The molecule has 0 amide bonds. The summed E-state index contributed by atoms with van der Waals surface area (Å²) in [7, 11) is -3.14. The van der Waals surface area contributed by atoms with Crippen LogP contribution in [0.15, 0.2) is 36.4 Å². The number of hydrogen-bond acceptors (Lipinski definition) is 7. The summed E-state index contributed by atoms with van der Waals surface area (Å²) >= 11 is 0. The van der Waals surface area contributed by atoms with Crippen molar-refractivity contribution in [2.45, 2.75) is 33.2 Å². The average molecular weight is 471 g/mol. The van der Waals surface area contributed by atoms with Crippen molar-refractivity contribution in [3.63, 3.8) is 0 Å². The number of allylic oxidation sites excluding steroid dienone is 1. The summed E-state index contributed by atoms with van der Waals surface area (Å²) in [6.07, 6.45) is 1.79. The molecule has 1 atom stereocenters. The number of halogens is 1. The lowest BCUT2D eigenvalue weighted by molar-refractivity contribution is -0.385. The lowest BCUT2D eigenvalue weighted by Gasteiger charge is -2.19. The van der Waals surface area contributed by atoms with Crippen molar-refractivity contribution in [2.75, 3.05) is 16.8 Å². The van der Waals surface area contributed by atoms with Gasteiger partial charge in [0.15, 0.2) is 9.84 Å². The molecular weight excluding hydrogens is 447 g/mol. The molecule has 172 valence electrons. The Hall–Kier alpha value is -3.40. The number of sulfone groups is 1. The largest absolute Gasteiger partial charge is 0.363 e. The van der Waals surface area contributed by atoms with Gasteiger partial charge in [0.2, 0.25) is 0 Å². The Balaban J connectivity index is 1.76. The summed E-state index contributed by atoms with van der Waals surface area (Å²) < 4.78 is 38.4. The minimum atomic E-state index is -3.14. The molecule has 1 aliphatic heterocycles. The molecule has 10 heteroatoms. The molecule has 2 heterocycles. The second-order valence-corrected chi connectivity index (χ2v) is 10.5. The first kappa shape index (κ1) is 22.8.